The van der Waals surface area contributed by atoms with Gasteiger partial charge in [-0.15, -0.1) is 0 Å². The average Bonchev–Trinajstić information content (AvgIpc) is 3.24. The molecule has 142 valence electrons. The second kappa shape index (κ2) is 6.40. The summed E-state index contributed by atoms with van der Waals surface area (Å²) in [6.07, 6.45) is 0.675. The monoisotopic (exact) mass is 368 g/mol. The standard InChI is InChI=1S/C18H23F3N4O/c19-18(20,21)15-4-3-13(16(22)26)17(23-15)25-7-5-24(6-8-25)14-10-11-1-2-12(14)9-11/h3-4,11-12,14H,1-2,5-10H2,(H2,22,26). The van der Waals surface area contributed by atoms with Crippen LogP contribution >= 0.6 is 0 Å². The number of rotatable bonds is 3. The predicted octanol–water partition coefficient (Wildman–Crippen LogP) is 2.51. The second-order valence-corrected chi connectivity index (χ2v) is 7.69. The van der Waals surface area contributed by atoms with Gasteiger partial charge >= 0.3 is 6.18 Å². The number of carbonyl (C=O) groups excluding carboxylic acids is 1. The number of hydrogen-bond acceptors (Lipinski definition) is 4. The van der Waals surface area contributed by atoms with Crippen LogP contribution in [0.5, 0.6) is 0 Å². The highest BCUT2D eigenvalue weighted by Crippen LogP contribution is 2.46. The number of nitrogens with zero attached hydrogens (tertiary/aromatic N) is 3. The molecule has 1 saturated heterocycles. The minimum atomic E-state index is -4.55. The first-order valence-electron chi connectivity index (χ1n) is 9.20. The highest BCUT2D eigenvalue weighted by molar-refractivity contribution is 5.97. The number of carbonyl (C=O) groups is 1. The smallest absolute Gasteiger partial charge is 0.365 e. The lowest BCUT2D eigenvalue weighted by molar-refractivity contribution is -0.141. The Morgan fingerprint density at radius 1 is 1.12 bits per heavy atom. The van der Waals surface area contributed by atoms with Crippen molar-refractivity contribution in [2.75, 3.05) is 31.1 Å². The number of aromatic nitrogens is 1. The molecule has 5 nitrogen and oxygen atoms in total. The van der Waals surface area contributed by atoms with Crippen LogP contribution < -0.4 is 10.6 Å². The Bertz CT molecular complexity index is 700. The molecule has 1 amide bonds. The molecule has 1 aromatic heterocycles. The molecule has 1 aliphatic heterocycles. The Morgan fingerprint density at radius 2 is 1.85 bits per heavy atom. The molecule has 8 heteroatoms. The molecule has 0 aromatic carbocycles. The maximum absolute atomic E-state index is 13.0. The summed E-state index contributed by atoms with van der Waals surface area (Å²) >= 11 is 0. The molecule has 2 bridgehead atoms. The van der Waals surface area contributed by atoms with Gasteiger partial charge in [-0.2, -0.15) is 13.2 Å². The summed E-state index contributed by atoms with van der Waals surface area (Å²) < 4.78 is 39.0. The van der Waals surface area contributed by atoms with Crippen LogP contribution in [-0.2, 0) is 6.18 Å². The predicted molar refractivity (Wildman–Crippen MR) is 90.8 cm³/mol. The Labute approximate surface area is 150 Å². The van der Waals surface area contributed by atoms with Crippen LogP contribution in [0.25, 0.3) is 0 Å². The fourth-order valence-corrected chi connectivity index (χ4v) is 4.96. The number of alkyl halides is 3. The first-order valence-corrected chi connectivity index (χ1v) is 9.20. The van der Waals surface area contributed by atoms with Crippen molar-refractivity contribution in [2.45, 2.75) is 37.9 Å². The Hall–Kier alpha value is -1.83. The fourth-order valence-electron chi connectivity index (χ4n) is 4.96. The molecule has 2 N–H and O–H groups in total. The summed E-state index contributed by atoms with van der Waals surface area (Å²) in [5.41, 5.74) is 4.41. The fraction of sp³-hybridized carbons (Fsp3) is 0.667. The molecular weight excluding hydrogens is 345 g/mol. The Morgan fingerprint density at radius 3 is 2.38 bits per heavy atom. The van der Waals surface area contributed by atoms with Crippen molar-refractivity contribution in [2.24, 2.45) is 17.6 Å². The van der Waals surface area contributed by atoms with Crippen molar-refractivity contribution in [1.82, 2.24) is 9.88 Å². The van der Waals surface area contributed by atoms with E-state index in [4.69, 9.17) is 5.73 Å². The zero-order valence-electron chi connectivity index (χ0n) is 14.5. The number of anilines is 1. The number of piperazine rings is 1. The minimum absolute atomic E-state index is 0.0476. The number of nitrogens with two attached hydrogens (primary N) is 1. The third kappa shape index (κ3) is 3.15. The highest BCUT2D eigenvalue weighted by atomic mass is 19.4. The molecule has 2 heterocycles. The average molecular weight is 368 g/mol. The Kier molecular flexibility index (Phi) is 4.33. The zero-order chi connectivity index (χ0) is 18.5. The van der Waals surface area contributed by atoms with Crippen LogP contribution in [0.4, 0.5) is 19.0 Å². The zero-order valence-corrected chi connectivity index (χ0v) is 14.5. The molecule has 1 aromatic rings. The van der Waals surface area contributed by atoms with E-state index in [1.54, 1.807) is 4.90 Å². The summed E-state index contributed by atoms with van der Waals surface area (Å²) in [5.74, 6) is 0.936. The van der Waals surface area contributed by atoms with Crippen molar-refractivity contribution in [3.63, 3.8) is 0 Å². The topological polar surface area (TPSA) is 62.5 Å². The Balaban J connectivity index is 1.50. The molecule has 0 spiro atoms. The van der Waals surface area contributed by atoms with Gasteiger partial charge in [-0.05, 0) is 43.2 Å². The lowest BCUT2D eigenvalue weighted by Crippen LogP contribution is -2.52. The van der Waals surface area contributed by atoms with Crippen LogP contribution in [0.3, 0.4) is 0 Å². The largest absolute Gasteiger partial charge is 0.433 e. The van der Waals surface area contributed by atoms with Crippen LogP contribution in [0.1, 0.15) is 41.7 Å². The highest BCUT2D eigenvalue weighted by Gasteiger charge is 2.43. The summed E-state index contributed by atoms with van der Waals surface area (Å²) in [7, 11) is 0. The van der Waals surface area contributed by atoms with Crippen LogP contribution in [-0.4, -0.2) is 48.0 Å². The van der Waals surface area contributed by atoms with Crippen LogP contribution in [0, 0.1) is 11.8 Å². The van der Waals surface area contributed by atoms with E-state index in [1.165, 1.54) is 25.7 Å². The molecule has 3 fully saturated rings. The molecule has 2 aliphatic carbocycles. The van der Waals surface area contributed by atoms with Gasteiger partial charge in [-0.3, -0.25) is 9.69 Å². The second-order valence-electron chi connectivity index (χ2n) is 7.69. The van der Waals surface area contributed by atoms with Gasteiger partial charge in [-0.25, -0.2) is 4.98 Å². The van der Waals surface area contributed by atoms with E-state index in [0.717, 1.165) is 37.1 Å². The quantitative estimate of drug-likeness (QED) is 0.891. The first-order chi connectivity index (χ1) is 12.3. The van der Waals surface area contributed by atoms with Gasteiger partial charge in [-0.1, -0.05) is 6.42 Å². The number of primary amides is 1. The van der Waals surface area contributed by atoms with E-state index >= 15 is 0 Å². The summed E-state index contributed by atoms with van der Waals surface area (Å²) in [5, 5.41) is 0. The maximum atomic E-state index is 13.0. The molecule has 4 rings (SSSR count). The molecule has 2 saturated carbocycles. The lowest BCUT2D eigenvalue weighted by atomic mass is 9.93. The van der Waals surface area contributed by atoms with Crippen molar-refractivity contribution in [1.29, 1.82) is 0 Å². The van der Waals surface area contributed by atoms with Gasteiger partial charge in [0.2, 0.25) is 0 Å². The minimum Gasteiger partial charge on any atom is -0.365 e. The third-order valence-electron chi connectivity index (χ3n) is 6.21. The number of pyridine rings is 1. The van der Waals surface area contributed by atoms with Gasteiger partial charge in [0.15, 0.2) is 0 Å². The van der Waals surface area contributed by atoms with Gasteiger partial charge in [0.1, 0.15) is 11.5 Å². The number of amides is 1. The van der Waals surface area contributed by atoms with Gasteiger partial charge in [0, 0.05) is 32.2 Å². The van der Waals surface area contributed by atoms with Gasteiger partial charge in [0.05, 0.1) is 5.56 Å². The normalized spacial score (nSPS) is 29.3. The van der Waals surface area contributed by atoms with Crippen molar-refractivity contribution in [3.05, 3.63) is 23.4 Å². The molecule has 26 heavy (non-hydrogen) atoms. The van der Waals surface area contributed by atoms with E-state index in [-0.39, 0.29) is 11.4 Å². The first kappa shape index (κ1) is 17.6. The van der Waals surface area contributed by atoms with Crippen LogP contribution in [0.2, 0.25) is 0 Å². The molecule has 3 unspecified atom stereocenters. The molecule has 0 radical (unpaired) electrons. The van der Waals surface area contributed by atoms with Crippen LogP contribution in [0.15, 0.2) is 12.1 Å². The lowest BCUT2D eigenvalue weighted by Gasteiger charge is -2.41. The van der Waals surface area contributed by atoms with E-state index < -0.39 is 17.8 Å². The van der Waals surface area contributed by atoms with Crippen molar-refractivity contribution in [3.8, 4) is 0 Å². The molecule has 3 atom stereocenters. The number of hydrogen-bond donors (Lipinski definition) is 1. The molecular formula is C18H23F3N4O. The van der Waals surface area contributed by atoms with Crippen molar-refractivity contribution < 1.29 is 18.0 Å². The number of halogens is 3. The molecule has 3 aliphatic rings. The van der Waals surface area contributed by atoms with Gasteiger partial charge < -0.3 is 10.6 Å². The summed E-state index contributed by atoms with van der Waals surface area (Å²) in [4.78, 5) is 19.6. The van der Waals surface area contributed by atoms with Gasteiger partial charge in [0.25, 0.3) is 5.91 Å². The number of fused-ring (bicyclic) bond motifs is 2. The third-order valence-corrected chi connectivity index (χ3v) is 6.21. The SMILES string of the molecule is NC(=O)c1ccc(C(F)(F)F)nc1N1CCN(C2CC3CCC2C3)CC1. The van der Waals surface area contributed by atoms with E-state index in [1.807, 2.05) is 0 Å². The van der Waals surface area contributed by atoms with E-state index in [9.17, 15) is 18.0 Å². The summed E-state index contributed by atoms with van der Waals surface area (Å²) in [6.45, 7) is 2.68. The van der Waals surface area contributed by atoms with Crippen molar-refractivity contribution >= 4 is 11.7 Å². The summed E-state index contributed by atoms with van der Waals surface area (Å²) in [6, 6.07) is 2.56. The van der Waals surface area contributed by atoms with E-state index in [2.05, 4.69) is 9.88 Å². The van der Waals surface area contributed by atoms with E-state index in [0.29, 0.717) is 19.1 Å². The maximum Gasteiger partial charge on any atom is 0.433 e.